The van der Waals surface area contributed by atoms with Crippen LogP contribution in [0.4, 0.5) is 8.78 Å². The SMILES string of the molecule is C=Cc1ccc(OCCCCNC(=O)C(F)F)cc1. The van der Waals surface area contributed by atoms with Crippen LogP contribution in [0.2, 0.25) is 0 Å². The van der Waals surface area contributed by atoms with Crippen molar-refractivity contribution in [1.82, 2.24) is 5.32 Å². The quantitative estimate of drug-likeness (QED) is 0.737. The minimum Gasteiger partial charge on any atom is -0.494 e. The molecule has 1 aromatic carbocycles. The second-order valence-electron chi connectivity index (χ2n) is 3.92. The van der Waals surface area contributed by atoms with E-state index in [1.165, 1.54) is 0 Å². The van der Waals surface area contributed by atoms with Gasteiger partial charge in [-0.25, -0.2) is 0 Å². The van der Waals surface area contributed by atoms with Gasteiger partial charge in [0.25, 0.3) is 5.91 Å². The third-order valence-electron chi connectivity index (χ3n) is 2.45. The zero-order chi connectivity index (χ0) is 14.1. The summed E-state index contributed by atoms with van der Waals surface area (Å²) < 4.78 is 29.2. The number of hydrogen-bond acceptors (Lipinski definition) is 2. The molecule has 1 N–H and O–H groups in total. The summed E-state index contributed by atoms with van der Waals surface area (Å²) in [7, 11) is 0. The number of ether oxygens (including phenoxy) is 1. The maximum atomic E-state index is 11.8. The molecular weight excluding hydrogens is 252 g/mol. The van der Waals surface area contributed by atoms with E-state index in [9.17, 15) is 13.6 Å². The van der Waals surface area contributed by atoms with Crippen LogP contribution >= 0.6 is 0 Å². The zero-order valence-electron chi connectivity index (χ0n) is 10.6. The van der Waals surface area contributed by atoms with E-state index in [1.54, 1.807) is 6.08 Å². The Bertz CT molecular complexity index is 404. The lowest BCUT2D eigenvalue weighted by molar-refractivity contribution is -0.131. The van der Waals surface area contributed by atoms with Crippen molar-refractivity contribution in [3.05, 3.63) is 36.4 Å². The van der Waals surface area contributed by atoms with Crippen molar-refractivity contribution in [3.8, 4) is 5.75 Å². The molecule has 0 aliphatic heterocycles. The van der Waals surface area contributed by atoms with Crippen LogP contribution in [-0.2, 0) is 4.79 Å². The highest BCUT2D eigenvalue weighted by Gasteiger charge is 2.13. The van der Waals surface area contributed by atoms with Gasteiger partial charge in [-0.15, -0.1) is 0 Å². The Kier molecular flexibility index (Phi) is 6.57. The largest absolute Gasteiger partial charge is 0.494 e. The van der Waals surface area contributed by atoms with E-state index < -0.39 is 12.3 Å². The standard InChI is InChI=1S/C14H17F2NO2/c1-2-11-5-7-12(8-6-11)19-10-4-3-9-17-14(18)13(15)16/h2,5-8,13H,1,3-4,9-10H2,(H,17,18). The number of unbranched alkanes of at least 4 members (excludes halogenated alkanes) is 1. The number of carbonyl (C=O) groups is 1. The summed E-state index contributed by atoms with van der Waals surface area (Å²) in [5.74, 6) is -0.469. The molecule has 1 aromatic rings. The first-order valence-electron chi connectivity index (χ1n) is 6.04. The van der Waals surface area contributed by atoms with Crippen LogP contribution in [0.1, 0.15) is 18.4 Å². The average Bonchev–Trinajstić information content (AvgIpc) is 2.42. The van der Waals surface area contributed by atoms with E-state index in [1.807, 2.05) is 24.3 Å². The summed E-state index contributed by atoms with van der Waals surface area (Å²) in [6.45, 7) is 4.38. The van der Waals surface area contributed by atoms with E-state index in [0.29, 0.717) is 19.4 Å². The van der Waals surface area contributed by atoms with Gasteiger partial charge in [0.2, 0.25) is 0 Å². The molecule has 0 saturated carbocycles. The van der Waals surface area contributed by atoms with Gasteiger partial charge in [-0.2, -0.15) is 8.78 Å². The first kappa shape index (κ1) is 15.1. The number of alkyl halides is 2. The molecule has 0 radical (unpaired) electrons. The van der Waals surface area contributed by atoms with Crippen molar-refractivity contribution >= 4 is 12.0 Å². The van der Waals surface area contributed by atoms with E-state index in [2.05, 4.69) is 11.9 Å². The van der Waals surface area contributed by atoms with Crippen molar-refractivity contribution in [2.24, 2.45) is 0 Å². The van der Waals surface area contributed by atoms with E-state index in [4.69, 9.17) is 4.74 Å². The number of hydrogen-bond donors (Lipinski definition) is 1. The molecule has 0 aliphatic rings. The van der Waals surface area contributed by atoms with Gasteiger partial charge in [0, 0.05) is 6.54 Å². The molecule has 3 nitrogen and oxygen atoms in total. The van der Waals surface area contributed by atoms with Crippen molar-refractivity contribution < 1.29 is 18.3 Å². The predicted octanol–water partition coefficient (Wildman–Crippen LogP) is 2.87. The normalized spacial score (nSPS) is 10.3. The topological polar surface area (TPSA) is 38.3 Å². The molecule has 0 unspecified atom stereocenters. The Balaban J connectivity index is 2.10. The fraction of sp³-hybridized carbons (Fsp3) is 0.357. The van der Waals surface area contributed by atoms with Gasteiger partial charge >= 0.3 is 6.43 Å². The minimum absolute atomic E-state index is 0.238. The summed E-state index contributed by atoms with van der Waals surface area (Å²) in [5, 5.41) is 2.14. The van der Waals surface area contributed by atoms with Crippen molar-refractivity contribution in [1.29, 1.82) is 0 Å². The molecule has 0 aliphatic carbocycles. The number of nitrogens with one attached hydrogen (secondary N) is 1. The highest BCUT2D eigenvalue weighted by Crippen LogP contribution is 2.13. The third kappa shape index (κ3) is 5.99. The molecule has 1 amide bonds. The Hall–Kier alpha value is -1.91. The molecule has 0 bridgehead atoms. The van der Waals surface area contributed by atoms with Crippen LogP contribution in [0.15, 0.2) is 30.8 Å². The molecule has 0 fully saturated rings. The lowest BCUT2D eigenvalue weighted by Gasteiger charge is -2.07. The molecule has 104 valence electrons. The molecular formula is C14H17F2NO2. The first-order valence-corrected chi connectivity index (χ1v) is 6.04. The smallest absolute Gasteiger partial charge is 0.315 e. The van der Waals surface area contributed by atoms with Crippen LogP contribution in [0.25, 0.3) is 6.08 Å². The molecule has 5 heteroatoms. The lowest BCUT2D eigenvalue weighted by atomic mass is 10.2. The molecule has 0 saturated heterocycles. The number of amides is 1. The number of carbonyl (C=O) groups excluding carboxylic acids is 1. The molecule has 1 rings (SSSR count). The fourth-order valence-electron chi connectivity index (χ4n) is 1.41. The van der Waals surface area contributed by atoms with Gasteiger partial charge in [0.1, 0.15) is 5.75 Å². The second-order valence-corrected chi connectivity index (χ2v) is 3.92. The predicted molar refractivity (Wildman–Crippen MR) is 70.3 cm³/mol. The Morgan fingerprint density at radius 1 is 1.32 bits per heavy atom. The molecule has 0 spiro atoms. The van der Waals surface area contributed by atoms with E-state index in [0.717, 1.165) is 11.3 Å². The fourth-order valence-corrected chi connectivity index (χ4v) is 1.41. The first-order chi connectivity index (χ1) is 9.13. The summed E-state index contributed by atoms with van der Waals surface area (Å²) in [5.41, 5.74) is 1.02. The second kappa shape index (κ2) is 8.24. The van der Waals surface area contributed by atoms with Gasteiger partial charge in [-0.1, -0.05) is 24.8 Å². The minimum atomic E-state index is -2.94. The summed E-state index contributed by atoms with van der Waals surface area (Å²) in [4.78, 5) is 10.6. The zero-order valence-corrected chi connectivity index (χ0v) is 10.6. The van der Waals surface area contributed by atoms with Gasteiger partial charge < -0.3 is 10.1 Å². The summed E-state index contributed by atoms with van der Waals surface area (Å²) in [6.07, 6.45) is 0.0883. The molecule has 0 aromatic heterocycles. The number of rotatable bonds is 8. The van der Waals surface area contributed by atoms with Crippen LogP contribution < -0.4 is 10.1 Å². The van der Waals surface area contributed by atoms with Gasteiger partial charge in [-0.05, 0) is 30.5 Å². The van der Waals surface area contributed by atoms with Crippen molar-refractivity contribution in [2.75, 3.05) is 13.2 Å². The van der Waals surface area contributed by atoms with Crippen molar-refractivity contribution in [2.45, 2.75) is 19.3 Å². The van der Waals surface area contributed by atoms with Gasteiger partial charge in [0.15, 0.2) is 0 Å². The van der Waals surface area contributed by atoms with Crippen LogP contribution in [0.5, 0.6) is 5.75 Å². The van der Waals surface area contributed by atoms with E-state index in [-0.39, 0.29) is 6.54 Å². The maximum absolute atomic E-state index is 11.8. The monoisotopic (exact) mass is 269 g/mol. The van der Waals surface area contributed by atoms with Crippen LogP contribution in [0.3, 0.4) is 0 Å². The third-order valence-corrected chi connectivity index (χ3v) is 2.45. The summed E-state index contributed by atoms with van der Waals surface area (Å²) >= 11 is 0. The van der Waals surface area contributed by atoms with Crippen LogP contribution in [-0.4, -0.2) is 25.5 Å². The van der Waals surface area contributed by atoms with Gasteiger partial charge in [-0.3, -0.25) is 4.79 Å². The maximum Gasteiger partial charge on any atom is 0.315 e. The summed E-state index contributed by atoms with van der Waals surface area (Å²) in [6, 6.07) is 7.47. The van der Waals surface area contributed by atoms with Gasteiger partial charge in [0.05, 0.1) is 6.61 Å². The van der Waals surface area contributed by atoms with Crippen LogP contribution in [0, 0.1) is 0 Å². The Labute approximate surface area is 111 Å². The molecule has 19 heavy (non-hydrogen) atoms. The molecule has 0 atom stereocenters. The molecule has 0 heterocycles. The Morgan fingerprint density at radius 3 is 2.58 bits per heavy atom. The highest BCUT2D eigenvalue weighted by atomic mass is 19.3. The Morgan fingerprint density at radius 2 is 2.00 bits per heavy atom. The van der Waals surface area contributed by atoms with E-state index >= 15 is 0 Å². The van der Waals surface area contributed by atoms with Crippen molar-refractivity contribution in [3.63, 3.8) is 0 Å². The highest BCUT2D eigenvalue weighted by molar-refractivity contribution is 5.78. The lowest BCUT2D eigenvalue weighted by Crippen LogP contribution is -2.30. The number of benzene rings is 1. The number of halogens is 2. The average molecular weight is 269 g/mol.